The molecule has 0 bridgehead atoms. The number of hydrogen-bond donors (Lipinski definition) is 3. The fourth-order valence-corrected chi connectivity index (χ4v) is 3.17. The SMILES string of the molecule is CC(=N)/C(NC(=O)COC(=O)Cc1ccsc1Cl)=C(/C)Nc1ccccc1. The van der Waals surface area contributed by atoms with Crippen molar-refractivity contribution in [2.24, 2.45) is 0 Å². The number of carbonyl (C=O) groups excluding carboxylic acids is 2. The average molecular weight is 406 g/mol. The predicted octanol–water partition coefficient (Wildman–Crippen LogP) is 3.99. The highest BCUT2D eigenvalue weighted by Gasteiger charge is 2.14. The van der Waals surface area contributed by atoms with Crippen LogP contribution < -0.4 is 10.6 Å². The molecule has 1 aromatic heterocycles. The van der Waals surface area contributed by atoms with Crippen molar-refractivity contribution in [3.8, 4) is 0 Å². The van der Waals surface area contributed by atoms with Gasteiger partial charge in [0.25, 0.3) is 5.91 Å². The van der Waals surface area contributed by atoms with Gasteiger partial charge >= 0.3 is 5.97 Å². The zero-order valence-corrected chi connectivity index (χ0v) is 16.5. The smallest absolute Gasteiger partial charge is 0.310 e. The van der Waals surface area contributed by atoms with E-state index in [0.29, 0.717) is 21.3 Å². The molecule has 0 spiro atoms. The predicted molar refractivity (Wildman–Crippen MR) is 108 cm³/mol. The van der Waals surface area contributed by atoms with E-state index in [-0.39, 0.29) is 12.1 Å². The molecule has 0 aliphatic carbocycles. The number of rotatable bonds is 8. The Morgan fingerprint density at radius 3 is 2.48 bits per heavy atom. The number of thiophene rings is 1. The monoisotopic (exact) mass is 405 g/mol. The van der Waals surface area contributed by atoms with Gasteiger partial charge in [0.2, 0.25) is 0 Å². The number of allylic oxidation sites excluding steroid dienone is 2. The summed E-state index contributed by atoms with van der Waals surface area (Å²) in [5.41, 5.74) is 2.63. The Labute approximate surface area is 166 Å². The Balaban J connectivity index is 1.92. The lowest BCUT2D eigenvalue weighted by Crippen LogP contribution is -2.32. The Morgan fingerprint density at radius 1 is 1.19 bits per heavy atom. The molecule has 0 saturated carbocycles. The number of amides is 1. The summed E-state index contributed by atoms with van der Waals surface area (Å²) in [6.45, 7) is 2.89. The molecular weight excluding hydrogens is 386 g/mol. The van der Waals surface area contributed by atoms with Crippen molar-refractivity contribution in [3.63, 3.8) is 0 Å². The third-order valence-electron chi connectivity index (χ3n) is 3.51. The molecule has 0 aliphatic heterocycles. The summed E-state index contributed by atoms with van der Waals surface area (Å²) in [4.78, 5) is 24.0. The maximum atomic E-state index is 12.1. The van der Waals surface area contributed by atoms with Crippen LogP contribution in [0.1, 0.15) is 19.4 Å². The summed E-state index contributed by atoms with van der Waals surface area (Å²) in [5, 5.41) is 15.4. The molecular formula is C19H20ClN3O3S. The number of ether oxygens (including phenoxy) is 1. The number of anilines is 1. The van der Waals surface area contributed by atoms with Crippen LogP contribution >= 0.6 is 22.9 Å². The number of benzene rings is 1. The van der Waals surface area contributed by atoms with Crippen LogP contribution in [0.3, 0.4) is 0 Å². The summed E-state index contributed by atoms with van der Waals surface area (Å²) in [6, 6.07) is 11.1. The van der Waals surface area contributed by atoms with Crippen LogP contribution in [0.15, 0.2) is 53.2 Å². The minimum absolute atomic E-state index is 0.0104. The Bertz CT molecular complexity index is 862. The van der Waals surface area contributed by atoms with Crippen molar-refractivity contribution < 1.29 is 14.3 Å². The zero-order chi connectivity index (χ0) is 19.8. The fourth-order valence-electron chi connectivity index (χ4n) is 2.24. The minimum Gasteiger partial charge on any atom is -0.455 e. The maximum Gasteiger partial charge on any atom is 0.310 e. The van der Waals surface area contributed by atoms with Crippen molar-refractivity contribution in [2.75, 3.05) is 11.9 Å². The number of halogens is 1. The first kappa shape index (κ1) is 20.7. The topological polar surface area (TPSA) is 91.3 Å². The van der Waals surface area contributed by atoms with E-state index in [9.17, 15) is 9.59 Å². The molecule has 3 N–H and O–H groups in total. The molecule has 2 aromatic rings. The number of nitrogens with one attached hydrogen (secondary N) is 3. The third-order valence-corrected chi connectivity index (χ3v) is 4.76. The molecule has 0 saturated heterocycles. The van der Waals surface area contributed by atoms with Gasteiger partial charge in [0.05, 0.1) is 22.2 Å². The van der Waals surface area contributed by atoms with E-state index >= 15 is 0 Å². The standard InChI is InChI=1S/C19H20ClN3O3S/c1-12(21)18(13(2)22-15-6-4-3-5-7-15)23-16(24)11-26-17(25)10-14-8-9-27-19(14)20/h3-9,21-22H,10-11H2,1-2H3,(H,23,24)/b18-13+,21-12?. The van der Waals surface area contributed by atoms with Gasteiger partial charge in [0.1, 0.15) is 0 Å². The lowest BCUT2D eigenvalue weighted by molar-refractivity contribution is -0.147. The second kappa shape index (κ2) is 9.89. The van der Waals surface area contributed by atoms with Crippen molar-refractivity contribution in [2.45, 2.75) is 20.3 Å². The first-order chi connectivity index (χ1) is 12.9. The summed E-state index contributed by atoms with van der Waals surface area (Å²) in [7, 11) is 0. The van der Waals surface area contributed by atoms with Crippen LogP contribution in [0.4, 0.5) is 5.69 Å². The summed E-state index contributed by atoms with van der Waals surface area (Å²) in [6.07, 6.45) is 0.0104. The van der Waals surface area contributed by atoms with Gasteiger partial charge in [-0.2, -0.15) is 0 Å². The van der Waals surface area contributed by atoms with E-state index in [0.717, 1.165) is 5.69 Å². The molecule has 142 valence electrons. The van der Waals surface area contributed by atoms with Gasteiger partial charge in [0, 0.05) is 11.4 Å². The molecule has 0 unspecified atom stereocenters. The van der Waals surface area contributed by atoms with Crippen LogP contribution in [-0.2, 0) is 20.7 Å². The van der Waals surface area contributed by atoms with Crippen LogP contribution in [0.25, 0.3) is 0 Å². The summed E-state index contributed by atoms with van der Waals surface area (Å²) in [5.74, 6) is -1.06. The van der Waals surface area contributed by atoms with Gasteiger partial charge in [-0.05, 0) is 43.0 Å². The van der Waals surface area contributed by atoms with Gasteiger partial charge in [0.15, 0.2) is 6.61 Å². The van der Waals surface area contributed by atoms with Crippen LogP contribution in [0.5, 0.6) is 0 Å². The van der Waals surface area contributed by atoms with E-state index in [1.807, 2.05) is 30.3 Å². The quantitative estimate of drug-likeness (QED) is 0.457. The summed E-state index contributed by atoms with van der Waals surface area (Å²) < 4.78 is 5.52. The van der Waals surface area contributed by atoms with E-state index in [4.69, 9.17) is 21.7 Å². The third kappa shape index (κ3) is 6.54. The normalized spacial score (nSPS) is 11.4. The average Bonchev–Trinajstić information content (AvgIpc) is 3.03. The lowest BCUT2D eigenvalue weighted by atomic mass is 10.2. The molecule has 27 heavy (non-hydrogen) atoms. The Hall–Kier alpha value is -2.64. The molecule has 6 nitrogen and oxygen atoms in total. The van der Waals surface area contributed by atoms with Crippen LogP contribution in [0, 0.1) is 5.41 Å². The van der Waals surface area contributed by atoms with Crippen molar-refractivity contribution in [3.05, 3.63) is 63.1 Å². The van der Waals surface area contributed by atoms with E-state index in [2.05, 4.69) is 10.6 Å². The lowest BCUT2D eigenvalue weighted by Gasteiger charge is -2.15. The molecule has 1 aromatic carbocycles. The molecule has 0 atom stereocenters. The highest BCUT2D eigenvalue weighted by molar-refractivity contribution is 7.14. The Morgan fingerprint density at radius 2 is 1.89 bits per heavy atom. The number of para-hydroxylation sites is 1. The fraction of sp³-hybridized carbons (Fsp3) is 0.211. The minimum atomic E-state index is -0.540. The number of hydrogen-bond acceptors (Lipinski definition) is 6. The molecule has 2 rings (SSSR count). The molecule has 0 radical (unpaired) electrons. The van der Waals surface area contributed by atoms with Gasteiger partial charge in [-0.1, -0.05) is 29.8 Å². The molecule has 1 amide bonds. The maximum absolute atomic E-state index is 12.1. The van der Waals surface area contributed by atoms with Gasteiger partial charge in [-0.25, -0.2) is 0 Å². The van der Waals surface area contributed by atoms with Crippen molar-refractivity contribution >= 4 is 46.2 Å². The van der Waals surface area contributed by atoms with E-state index < -0.39 is 18.5 Å². The molecule has 8 heteroatoms. The van der Waals surface area contributed by atoms with Gasteiger partial charge in [-0.15, -0.1) is 11.3 Å². The first-order valence-electron chi connectivity index (χ1n) is 8.12. The van der Waals surface area contributed by atoms with Crippen LogP contribution in [-0.4, -0.2) is 24.2 Å². The van der Waals surface area contributed by atoms with Crippen molar-refractivity contribution in [1.29, 1.82) is 5.41 Å². The zero-order valence-electron chi connectivity index (χ0n) is 15.0. The highest BCUT2D eigenvalue weighted by Crippen LogP contribution is 2.23. The van der Waals surface area contributed by atoms with Crippen LogP contribution in [0.2, 0.25) is 4.34 Å². The summed E-state index contributed by atoms with van der Waals surface area (Å²) >= 11 is 7.27. The van der Waals surface area contributed by atoms with Crippen molar-refractivity contribution in [1.82, 2.24) is 5.32 Å². The highest BCUT2D eigenvalue weighted by atomic mass is 35.5. The van der Waals surface area contributed by atoms with E-state index in [1.165, 1.54) is 11.3 Å². The second-order valence-corrected chi connectivity index (χ2v) is 7.24. The molecule has 1 heterocycles. The number of carbonyl (C=O) groups is 2. The second-order valence-electron chi connectivity index (χ2n) is 5.72. The first-order valence-corrected chi connectivity index (χ1v) is 9.38. The van der Waals surface area contributed by atoms with E-state index in [1.54, 1.807) is 25.3 Å². The van der Waals surface area contributed by atoms with Gasteiger partial charge in [-0.3, -0.25) is 9.59 Å². The largest absolute Gasteiger partial charge is 0.455 e. The van der Waals surface area contributed by atoms with Gasteiger partial charge < -0.3 is 20.8 Å². The number of esters is 1. The molecule has 0 fully saturated rings. The Kier molecular flexibility index (Phi) is 7.57. The molecule has 0 aliphatic rings.